The Kier molecular flexibility index (Phi) is 6.68. The van der Waals surface area contributed by atoms with Gasteiger partial charge in [0.1, 0.15) is 5.58 Å². The Bertz CT molecular complexity index is 888. The van der Waals surface area contributed by atoms with Gasteiger partial charge < -0.3 is 14.5 Å². The second-order valence-electron chi connectivity index (χ2n) is 6.08. The van der Waals surface area contributed by atoms with Gasteiger partial charge in [0, 0.05) is 23.5 Å². The van der Waals surface area contributed by atoms with Gasteiger partial charge in [-0.1, -0.05) is 0 Å². The highest BCUT2D eigenvalue weighted by molar-refractivity contribution is 7.89. The molecule has 1 saturated heterocycles. The number of nitrogens with one attached hydrogen (secondary N) is 2. The number of aryl methyl sites for hydroxylation is 1. The number of fused-ring (bicyclic) bond motifs is 1. The largest absolute Gasteiger partial charge is 0.460 e. The maximum absolute atomic E-state index is 12.5. The number of ether oxygens (including phenoxy) is 1. The van der Waals surface area contributed by atoms with Crippen molar-refractivity contribution in [3.63, 3.8) is 0 Å². The van der Waals surface area contributed by atoms with E-state index in [1.165, 1.54) is 12.1 Å². The lowest BCUT2D eigenvalue weighted by Crippen LogP contribution is -2.37. The Morgan fingerprint density at radius 1 is 1.42 bits per heavy atom. The number of furan rings is 1. The van der Waals surface area contributed by atoms with Crippen molar-refractivity contribution in [2.45, 2.75) is 37.6 Å². The highest BCUT2D eigenvalue weighted by Gasteiger charge is 2.23. The van der Waals surface area contributed by atoms with E-state index in [0.717, 1.165) is 19.4 Å². The van der Waals surface area contributed by atoms with Gasteiger partial charge in [-0.15, -0.1) is 12.4 Å². The van der Waals surface area contributed by atoms with Crippen LogP contribution in [0.1, 0.15) is 35.9 Å². The molecule has 26 heavy (non-hydrogen) atoms. The van der Waals surface area contributed by atoms with Crippen molar-refractivity contribution in [2.24, 2.45) is 0 Å². The summed E-state index contributed by atoms with van der Waals surface area (Å²) >= 11 is 0. The van der Waals surface area contributed by atoms with E-state index >= 15 is 0 Å². The predicted molar refractivity (Wildman–Crippen MR) is 100 cm³/mol. The number of carbonyl (C=O) groups excluding carboxylic acids is 1. The minimum Gasteiger partial charge on any atom is -0.460 e. The molecule has 0 amide bonds. The number of benzene rings is 1. The normalized spacial score (nSPS) is 17.2. The zero-order chi connectivity index (χ0) is 18.0. The molecule has 1 aromatic heterocycles. The van der Waals surface area contributed by atoms with Gasteiger partial charge in [0.05, 0.1) is 11.5 Å². The lowest BCUT2D eigenvalue weighted by molar-refractivity contribution is 0.0491. The molecular weight excluding hydrogens is 380 g/mol. The highest BCUT2D eigenvalue weighted by Crippen LogP contribution is 2.28. The molecular formula is C17H23ClN2O5S. The van der Waals surface area contributed by atoms with Crippen molar-refractivity contribution in [2.75, 3.05) is 19.7 Å². The van der Waals surface area contributed by atoms with Crippen LogP contribution in [0.15, 0.2) is 27.5 Å². The third-order valence-corrected chi connectivity index (χ3v) is 5.78. The first-order chi connectivity index (χ1) is 11.9. The van der Waals surface area contributed by atoms with Gasteiger partial charge in [0.25, 0.3) is 0 Å². The average molecular weight is 403 g/mol. The summed E-state index contributed by atoms with van der Waals surface area (Å²) in [6.45, 7) is 4.95. The summed E-state index contributed by atoms with van der Waals surface area (Å²) in [6.07, 6.45) is 2.02. The van der Waals surface area contributed by atoms with E-state index in [1.807, 2.05) is 0 Å². The van der Waals surface area contributed by atoms with Gasteiger partial charge in [-0.25, -0.2) is 17.9 Å². The summed E-state index contributed by atoms with van der Waals surface area (Å²) in [6, 6.07) is 4.74. The van der Waals surface area contributed by atoms with Crippen LogP contribution in [0.25, 0.3) is 11.0 Å². The minimum absolute atomic E-state index is 0. The minimum atomic E-state index is -3.63. The third-order valence-electron chi connectivity index (χ3n) is 4.36. The number of hydrogen-bond acceptors (Lipinski definition) is 6. The molecule has 3 rings (SSSR count). The van der Waals surface area contributed by atoms with E-state index in [0.29, 0.717) is 23.1 Å². The molecule has 0 spiro atoms. The van der Waals surface area contributed by atoms with Crippen LogP contribution in [0, 0.1) is 6.92 Å². The van der Waals surface area contributed by atoms with Crippen molar-refractivity contribution in [1.29, 1.82) is 0 Å². The van der Waals surface area contributed by atoms with Gasteiger partial charge in [-0.05, 0) is 51.4 Å². The SMILES string of the molecule is CCOC(=O)c1oc2ccc(S(=O)(=O)NCC3CCCN3)cc2c1C.Cl. The first kappa shape index (κ1) is 20.7. The quantitative estimate of drug-likeness (QED) is 0.720. The second-order valence-corrected chi connectivity index (χ2v) is 7.85. The lowest BCUT2D eigenvalue weighted by Gasteiger charge is -2.12. The Balaban J connectivity index is 0.00000243. The van der Waals surface area contributed by atoms with E-state index in [9.17, 15) is 13.2 Å². The maximum atomic E-state index is 12.5. The molecule has 1 unspecified atom stereocenters. The molecule has 2 heterocycles. The average Bonchev–Trinajstić information content (AvgIpc) is 3.21. The van der Waals surface area contributed by atoms with E-state index in [-0.39, 0.29) is 35.7 Å². The zero-order valence-corrected chi connectivity index (χ0v) is 16.3. The Hall–Kier alpha value is -1.61. The number of esters is 1. The molecule has 9 heteroatoms. The second kappa shape index (κ2) is 8.39. The van der Waals surface area contributed by atoms with E-state index in [4.69, 9.17) is 9.15 Å². The predicted octanol–water partition coefficient (Wildman–Crippen LogP) is 2.37. The Morgan fingerprint density at radius 2 is 2.19 bits per heavy atom. The lowest BCUT2D eigenvalue weighted by atomic mass is 10.1. The van der Waals surface area contributed by atoms with Crippen LogP contribution in [0.5, 0.6) is 0 Å². The molecule has 1 aliphatic heterocycles. The Labute approximate surface area is 158 Å². The summed E-state index contributed by atoms with van der Waals surface area (Å²) in [5.74, 6) is -0.444. The molecule has 0 radical (unpaired) electrons. The van der Waals surface area contributed by atoms with E-state index in [2.05, 4.69) is 10.0 Å². The first-order valence-corrected chi connectivity index (χ1v) is 9.84. The van der Waals surface area contributed by atoms with Gasteiger partial charge in [-0.3, -0.25) is 0 Å². The van der Waals surface area contributed by atoms with Gasteiger partial charge in [0.15, 0.2) is 0 Å². The topological polar surface area (TPSA) is 97.6 Å². The zero-order valence-electron chi connectivity index (χ0n) is 14.7. The van der Waals surface area contributed by atoms with Crippen molar-refractivity contribution in [3.8, 4) is 0 Å². The molecule has 1 aliphatic rings. The van der Waals surface area contributed by atoms with Gasteiger partial charge >= 0.3 is 5.97 Å². The molecule has 0 bridgehead atoms. The number of carbonyl (C=O) groups is 1. The van der Waals surface area contributed by atoms with E-state index < -0.39 is 16.0 Å². The third kappa shape index (κ3) is 4.20. The molecule has 0 saturated carbocycles. The fraction of sp³-hybridized carbons (Fsp3) is 0.471. The summed E-state index contributed by atoms with van der Waals surface area (Å²) < 4.78 is 38.2. The van der Waals surface area contributed by atoms with Crippen LogP contribution >= 0.6 is 12.4 Å². The summed E-state index contributed by atoms with van der Waals surface area (Å²) in [5, 5.41) is 3.84. The molecule has 2 aromatic rings. The highest BCUT2D eigenvalue weighted by atomic mass is 35.5. The van der Waals surface area contributed by atoms with Crippen molar-refractivity contribution >= 4 is 39.4 Å². The number of rotatable bonds is 6. The van der Waals surface area contributed by atoms with Crippen LogP contribution in [-0.2, 0) is 14.8 Å². The molecule has 1 fully saturated rings. The molecule has 2 N–H and O–H groups in total. The fourth-order valence-corrected chi connectivity index (χ4v) is 4.09. The molecule has 1 atom stereocenters. The number of halogens is 1. The van der Waals surface area contributed by atoms with Crippen LogP contribution in [-0.4, -0.2) is 40.1 Å². The molecule has 144 valence electrons. The van der Waals surface area contributed by atoms with Crippen molar-refractivity contribution < 1.29 is 22.4 Å². The number of sulfonamides is 1. The van der Waals surface area contributed by atoms with E-state index in [1.54, 1.807) is 19.9 Å². The van der Waals surface area contributed by atoms with Crippen LogP contribution in [0.2, 0.25) is 0 Å². The van der Waals surface area contributed by atoms with Gasteiger partial charge in [-0.2, -0.15) is 0 Å². The molecule has 7 nitrogen and oxygen atoms in total. The smallest absolute Gasteiger partial charge is 0.374 e. The fourth-order valence-electron chi connectivity index (χ4n) is 2.98. The van der Waals surface area contributed by atoms with Crippen LogP contribution in [0.4, 0.5) is 0 Å². The Morgan fingerprint density at radius 3 is 2.85 bits per heavy atom. The molecule has 1 aromatic carbocycles. The standard InChI is InChI=1S/C17H22N2O5S.ClH/c1-3-23-17(20)16-11(2)14-9-13(6-7-15(14)24-16)25(21,22)19-10-12-5-4-8-18-12;/h6-7,9,12,18-19H,3-5,8,10H2,1-2H3;1H. The van der Waals surface area contributed by atoms with Crippen LogP contribution < -0.4 is 10.0 Å². The maximum Gasteiger partial charge on any atom is 0.374 e. The number of hydrogen-bond donors (Lipinski definition) is 2. The summed E-state index contributed by atoms with van der Waals surface area (Å²) in [7, 11) is -3.63. The van der Waals surface area contributed by atoms with Crippen molar-refractivity contribution in [1.82, 2.24) is 10.0 Å². The molecule has 0 aliphatic carbocycles. The first-order valence-electron chi connectivity index (χ1n) is 8.35. The van der Waals surface area contributed by atoms with Gasteiger partial charge in [0.2, 0.25) is 15.8 Å². The monoisotopic (exact) mass is 402 g/mol. The van der Waals surface area contributed by atoms with Crippen LogP contribution in [0.3, 0.4) is 0 Å². The summed E-state index contributed by atoms with van der Waals surface area (Å²) in [4.78, 5) is 12.1. The summed E-state index contributed by atoms with van der Waals surface area (Å²) in [5.41, 5.74) is 1.03. The van der Waals surface area contributed by atoms with Crippen molar-refractivity contribution in [3.05, 3.63) is 29.5 Å².